The maximum absolute atomic E-state index is 12.7. The first-order chi connectivity index (χ1) is 21.5. The summed E-state index contributed by atoms with van der Waals surface area (Å²) in [5.74, 6) is -1.13. The molecule has 45 heavy (non-hydrogen) atoms. The third-order valence-electron chi connectivity index (χ3n) is 12.8. The van der Waals surface area contributed by atoms with Crippen LogP contribution in [-0.4, -0.2) is 68.1 Å². The maximum atomic E-state index is 12.7. The Morgan fingerprint density at radius 2 is 1.60 bits per heavy atom. The number of rotatable bonds is 14. The largest absolute Gasteiger partial charge is 0.462 e. The Morgan fingerprint density at radius 1 is 0.911 bits per heavy atom. The fourth-order valence-electron chi connectivity index (χ4n) is 10.4. The van der Waals surface area contributed by atoms with Crippen molar-refractivity contribution in [3.63, 3.8) is 0 Å². The van der Waals surface area contributed by atoms with Crippen LogP contribution >= 0.6 is 0 Å². The molecular weight excluding hydrogens is 576 g/mol. The molecule has 0 spiro atoms. The van der Waals surface area contributed by atoms with Crippen molar-refractivity contribution in [1.29, 1.82) is 0 Å². The van der Waals surface area contributed by atoms with E-state index >= 15 is 0 Å². The van der Waals surface area contributed by atoms with Gasteiger partial charge in [-0.15, -0.1) is 0 Å². The second kappa shape index (κ2) is 14.1. The van der Waals surface area contributed by atoms with Crippen molar-refractivity contribution in [2.45, 2.75) is 152 Å². The normalized spacial score (nSPS) is 39.1. The minimum atomic E-state index is -1.31. The number of hydrogen-bond acceptors (Lipinski definition) is 9. The number of carbonyl (C=O) groups is 1. The van der Waals surface area contributed by atoms with Gasteiger partial charge in [0.2, 0.25) is 0 Å². The Hall–Kier alpha value is -1.78. The summed E-state index contributed by atoms with van der Waals surface area (Å²) < 4.78 is 11.0. The molecule has 4 aliphatic carbocycles. The van der Waals surface area contributed by atoms with Gasteiger partial charge >= 0.3 is 11.6 Å². The number of hydrogen-bond donors (Lipinski definition) is 5. The average molecular weight is 633 g/mol. The van der Waals surface area contributed by atoms with Crippen molar-refractivity contribution in [2.75, 3.05) is 13.2 Å². The van der Waals surface area contributed by atoms with Crippen molar-refractivity contribution in [2.24, 2.45) is 22.7 Å². The second-order valence-electron chi connectivity index (χ2n) is 15.1. The highest BCUT2D eigenvalue weighted by molar-refractivity contribution is 5.69. The van der Waals surface area contributed by atoms with Gasteiger partial charge in [-0.05, 0) is 81.3 Å². The third-order valence-corrected chi connectivity index (χ3v) is 12.8. The van der Waals surface area contributed by atoms with E-state index in [1.807, 2.05) is 6.92 Å². The van der Waals surface area contributed by atoms with Gasteiger partial charge in [-0.25, -0.2) is 4.79 Å². The lowest BCUT2D eigenvalue weighted by atomic mass is 9.41. The molecule has 9 atom stereocenters. The number of carbonyl (C=O) groups excluding carboxylic acids is 1. The Morgan fingerprint density at radius 3 is 2.24 bits per heavy atom. The summed E-state index contributed by atoms with van der Waals surface area (Å²) in [7, 11) is 0. The number of fused-ring (bicyclic) bond motifs is 5. The molecular formula is C36H56O9. The lowest BCUT2D eigenvalue weighted by Crippen LogP contribution is -2.72. The van der Waals surface area contributed by atoms with Crippen LogP contribution in [0.25, 0.3) is 0 Å². The lowest BCUT2D eigenvalue weighted by Gasteiger charge is -2.67. The summed E-state index contributed by atoms with van der Waals surface area (Å²) in [6, 6.07) is 3.16. The Bertz CT molecular complexity index is 1180. The number of esters is 1. The highest BCUT2D eigenvalue weighted by atomic mass is 16.5. The zero-order valence-corrected chi connectivity index (χ0v) is 27.1. The van der Waals surface area contributed by atoms with Gasteiger partial charge in [-0.2, -0.15) is 0 Å². The zero-order chi connectivity index (χ0) is 32.3. The zero-order valence-electron chi connectivity index (χ0n) is 27.1. The summed E-state index contributed by atoms with van der Waals surface area (Å²) in [5, 5.41) is 56.3. The Balaban J connectivity index is 1.18. The van der Waals surface area contributed by atoms with Gasteiger partial charge in [-0.1, -0.05) is 51.9 Å². The van der Waals surface area contributed by atoms with Crippen LogP contribution < -0.4 is 5.63 Å². The Labute approximate surface area is 267 Å². The van der Waals surface area contributed by atoms with E-state index in [-0.39, 0.29) is 37.4 Å². The molecule has 4 saturated carbocycles. The lowest BCUT2D eigenvalue weighted by molar-refractivity contribution is -0.292. The van der Waals surface area contributed by atoms with Crippen LogP contribution in [0.5, 0.6) is 0 Å². The molecule has 0 aromatic carbocycles. The van der Waals surface area contributed by atoms with Crippen molar-refractivity contribution >= 4 is 5.97 Å². The molecule has 0 bridgehead atoms. The van der Waals surface area contributed by atoms with Crippen LogP contribution in [0.2, 0.25) is 0 Å². The fourth-order valence-corrected chi connectivity index (χ4v) is 10.4. The molecule has 9 nitrogen and oxygen atoms in total. The molecule has 4 fully saturated rings. The number of aliphatic hydroxyl groups excluding tert-OH is 3. The summed E-state index contributed by atoms with van der Waals surface area (Å²) in [5.41, 5.74) is -3.65. The summed E-state index contributed by atoms with van der Waals surface area (Å²) in [6.45, 7) is 2.00. The predicted octanol–water partition coefficient (Wildman–Crippen LogP) is 4.74. The van der Waals surface area contributed by atoms with Crippen molar-refractivity contribution < 1.29 is 39.5 Å². The topological polar surface area (TPSA) is 158 Å². The highest BCUT2D eigenvalue weighted by Crippen LogP contribution is 2.71. The van der Waals surface area contributed by atoms with E-state index in [4.69, 9.17) is 14.3 Å². The molecule has 0 saturated heterocycles. The Kier molecular flexibility index (Phi) is 10.9. The molecule has 5 rings (SSSR count). The van der Waals surface area contributed by atoms with Crippen LogP contribution in [0.15, 0.2) is 27.6 Å². The van der Waals surface area contributed by atoms with Crippen LogP contribution in [0, 0.1) is 22.7 Å². The number of ether oxygens (including phenoxy) is 1. The first kappa shape index (κ1) is 34.6. The molecule has 4 aliphatic rings. The van der Waals surface area contributed by atoms with E-state index in [2.05, 4.69) is 0 Å². The average Bonchev–Trinajstić information content (AvgIpc) is 3.28. The molecule has 0 unspecified atom stereocenters. The maximum Gasteiger partial charge on any atom is 0.335 e. The van der Waals surface area contributed by atoms with E-state index in [0.717, 1.165) is 50.5 Å². The summed E-state index contributed by atoms with van der Waals surface area (Å²) in [4.78, 5) is 24.3. The van der Waals surface area contributed by atoms with Crippen LogP contribution in [-0.2, 0) is 9.53 Å². The molecule has 254 valence electrons. The quantitative estimate of drug-likeness (QED) is 0.144. The number of unbranched alkanes of at least 4 members (excludes halogenated alkanes) is 8. The predicted molar refractivity (Wildman–Crippen MR) is 168 cm³/mol. The van der Waals surface area contributed by atoms with E-state index in [0.29, 0.717) is 51.4 Å². The monoisotopic (exact) mass is 632 g/mol. The van der Waals surface area contributed by atoms with Gasteiger partial charge in [-0.3, -0.25) is 4.79 Å². The molecule has 0 radical (unpaired) electrons. The van der Waals surface area contributed by atoms with Gasteiger partial charge < -0.3 is 34.7 Å². The summed E-state index contributed by atoms with van der Waals surface area (Å²) >= 11 is 0. The summed E-state index contributed by atoms with van der Waals surface area (Å²) in [6.07, 6.45) is 13.6. The molecule has 1 aromatic heterocycles. The van der Waals surface area contributed by atoms with Gasteiger partial charge in [0.1, 0.15) is 6.10 Å². The molecule has 1 aromatic rings. The van der Waals surface area contributed by atoms with E-state index in [9.17, 15) is 30.0 Å². The molecule has 0 amide bonds. The number of aliphatic hydroxyl groups is 5. The SMILES string of the molecule is C[C@]12C[C@@H](O)[C@H]3[C@@H](CC[C@]4(O)C[C@@H](OC(=O)CCCCCCCCCCCO)CC[C@]34CO)[C@@]1(O)CC[C@@H]2c1ccc(=O)oc1. The van der Waals surface area contributed by atoms with E-state index in [1.165, 1.54) is 25.2 Å². The van der Waals surface area contributed by atoms with Crippen LogP contribution in [0.1, 0.15) is 134 Å². The molecule has 9 heteroatoms. The minimum absolute atomic E-state index is 0.0918. The minimum Gasteiger partial charge on any atom is -0.462 e. The smallest absolute Gasteiger partial charge is 0.335 e. The van der Waals surface area contributed by atoms with Crippen LogP contribution in [0.4, 0.5) is 0 Å². The first-order valence-electron chi connectivity index (χ1n) is 17.7. The molecule has 5 N–H and O–H groups in total. The second-order valence-corrected chi connectivity index (χ2v) is 15.1. The third kappa shape index (κ3) is 6.41. The van der Waals surface area contributed by atoms with E-state index in [1.54, 1.807) is 6.07 Å². The molecule has 0 aliphatic heterocycles. The standard InChI is InChI=1S/C36H56O9/c1-33-22-29(39)32-28(36(33,43)19-16-27(33)25-12-13-30(40)44-23-25)15-18-35(42)21-26(14-17-34(32,35)24-38)45-31(41)11-9-7-5-3-2-4-6-8-10-20-37/h12-13,23,26-29,32,37-39,42-43H,2-11,14-22,24H2,1H3/t26-,27+,28+,29+,32+,33+,34-,35-,36-/m0/s1. The fraction of sp³-hybridized carbons (Fsp3) is 0.833. The van der Waals surface area contributed by atoms with Gasteiger partial charge in [0, 0.05) is 42.3 Å². The van der Waals surface area contributed by atoms with Gasteiger partial charge in [0.15, 0.2) is 0 Å². The highest BCUT2D eigenvalue weighted by Gasteiger charge is 2.73. The van der Waals surface area contributed by atoms with Crippen molar-refractivity contribution in [1.82, 2.24) is 0 Å². The van der Waals surface area contributed by atoms with Gasteiger partial charge in [0.25, 0.3) is 0 Å². The molecule has 1 heterocycles. The van der Waals surface area contributed by atoms with Crippen molar-refractivity contribution in [3.05, 3.63) is 34.4 Å². The first-order valence-corrected chi connectivity index (χ1v) is 17.7. The van der Waals surface area contributed by atoms with Gasteiger partial charge in [0.05, 0.1) is 30.2 Å². The van der Waals surface area contributed by atoms with E-state index < -0.39 is 45.8 Å². The van der Waals surface area contributed by atoms with Crippen LogP contribution in [0.3, 0.4) is 0 Å². The van der Waals surface area contributed by atoms with Crippen molar-refractivity contribution in [3.8, 4) is 0 Å².